The minimum absolute atomic E-state index is 0.0961. The number of ether oxygens (including phenoxy) is 1. The van der Waals surface area contributed by atoms with Crippen LogP contribution in [0.5, 0.6) is 5.75 Å². The number of nitrogens with zero attached hydrogens (tertiary/aromatic N) is 3. The summed E-state index contributed by atoms with van der Waals surface area (Å²) in [5, 5.41) is 0. The number of rotatable bonds is 4. The number of piperidine rings is 1. The predicted molar refractivity (Wildman–Crippen MR) is 83.7 cm³/mol. The Labute approximate surface area is 132 Å². The van der Waals surface area contributed by atoms with Gasteiger partial charge in [0.25, 0.3) is 10.2 Å². The first-order chi connectivity index (χ1) is 10.6. The van der Waals surface area contributed by atoms with Gasteiger partial charge in [-0.2, -0.15) is 17.0 Å². The highest BCUT2D eigenvalue weighted by atomic mass is 32.2. The normalized spacial score (nSPS) is 27.9. The van der Waals surface area contributed by atoms with E-state index >= 15 is 0 Å². The van der Waals surface area contributed by atoms with Crippen LogP contribution in [0, 0.1) is 5.92 Å². The van der Waals surface area contributed by atoms with Crippen LogP contribution in [0.25, 0.3) is 0 Å². The van der Waals surface area contributed by atoms with Gasteiger partial charge in [-0.25, -0.2) is 0 Å². The SMILES string of the molecule is C[C@@H]1CCCN(S(=O)(=O)N2CC[C@@H](Oc3cccnc3)C2)C1. The van der Waals surface area contributed by atoms with Crippen LogP contribution in [-0.4, -0.2) is 54.3 Å². The highest BCUT2D eigenvalue weighted by molar-refractivity contribution is 7.86. The summed E-state index contributed by atoms with van der Waals surface area (Å²) in [6.45, 7) is 4.32. The van der Waals surface area contributed by atoms with E-state index in [0.29, 0.717) is 37.8 Å². The molecule has 6 nitrogen and oxygen atoms in total. The Bertz CT molecular complexity index is 593. The van der Waals surface area contributed by atoms with Crippen LogP contribution in [0.4, 0.5) is 0 Å². The number of hydrogen-bond donors (Lipinski definition) is 0. The van der Waals surface area contributed by atoms with E-state index in [4.69, 9.17) is 4.74 Å². The quantitative estimate of drug-likeness (QED) is 0.842. The van der Waals surface area contributed by atoms with Gasteiger partial charge in [0.1, 0.15) is 11.9 Å². The smallest absolute Gasteiger partial charge is 0.282 e. The van der Waals surface area contributed by atoms with Crippen molar-refractivity contribution in [3.8, 4) is 5.75 Å². The standard InChI is InChI=1S/C15H23N3O3S/c1-13-4-3-8-17(11-13)22(19,20)18-9-6-15(12-18)21-14-5-2-7-16-10-14/h2,5,7,10,13,15H,3-4,6,8-9,11-12H2,1H3/t13-,15-/m1/s1. The van der Waals surface area contributed by atoms with Gasteiger partial charge in [0.15, 0.2) is 0 Å². The van der Waals surface area contributed by atoms with E-state index < -0.39 is 10.2 Å². The Morgan fingerprint density at radius 3 is 2.77 bits per heavy atom. The first-order valence-corrected chi connectivity index (χ1v) is 9.27. The zero-order chi connectivity index (χ0) is 15.6. The molecule has 0 amide bonds. The van der Waals surface area contributed by atoms with Gasteiger partial charge in [0, 0.05) is 25.8 Å². The lowest BCUT2D eigenvalue weighted by molar-refractivity contribution is 0.210. The van der Waals surface area contributed by atoms with E-state index in [1.54, 1.807) is 21.0 Å². The Kier molecular flexibility index (Phi) is 4.65. The maximum atomic E-state index is 12.7. The van der Waals surface area contributed by atoms with Crippen molar-refractivity contribution in [2.24, 2.45) is 5.92 Å². The molecule has 0 unspecified atom stereocenters. The van der Waals surface area contributed by atoms with Crippen LogP contribution >= 0.6 is 0 Å². The summed E-state index contributed by atoms with van der Waals surface area (Å²) >= 11 is 0. The van der Waals surface area contributed by atoms with E-state index in [1.807, 2.05) is 12.1 Å². The molecule has 0 radical (unpaired) electrons. The average Bonchev–Trinajstić information content (AvgIpc) is 2.97. The zero-order valence-corrected chi connectivity index (χ0v) is 13.7. The van der Waals surface area contributed by atoms with Gasteiger partial charge >= 0.3 is 0 Å². The summed E-state index contributed by atoms with van der Waals surface area (Å²) in [5.41, 5.74) is 0. The monoisotopic (exact) mass is 325 g/mol. The molecule has 2 saturated heterocycles. The second-order valence-corrected chi connectivity index (χ2v) is 8.12. The molecule has 0 N–H and O–H groups in total. The largest absolute Gasteiger partial charge is 0.487 e. The summed E-state index contributed by atoms with van der Waals surface area (Å²) < 4.78 is 34.4. The number of hydrogen-bond acceptors (Lipinski definition) is 4. The van der Waals surface area contributed by atoms with E-state index in [9.17, 15) is 8.42 Å². The van der Waals surface area contributed by atoms with Crippen LogP contribution in [0.3, 0.4) is 0 Å². The van der Waals surface area contributed by atoms with Gasteiger partial charge < -0.3 is 4.74 Å². The molecule has 0 aliphatic carbocycles. The van der Waals surface area contributed by atoms with Gasteiger partial charge in [-0.15, -0.1) is 0 Å². The van der Waals surface area contributed by atoms with Crippen molar-refractivity contribution in [1.29, 1.82) is 0 Å². The van der Waals surface area contributed by atoms with Crippen LogP contribution < -0.4 is 4.74 Å². The Hall–Kier alpha value is -1.18. The third kappa shape index (κ3) is 3.42. The Balaban J connectivity index is 1.61. The van der Waals surface area contributed by atoms with Crippen LogP contribution in [0.15, 0.2) is 24.5 Å². The summed E-state index contributed by atoms with van der Waals surface area (Å²) in [5.74, 6) is 1.13. The lowest BCUT2D eigenvalue weighted by Gasteiger charge is -2.33. The third-order valence-corrected chi connectivity index (χ3v) is 6.29. The molecular formula is C15H23N3O3S. The lowest BCUT2D eigenvalue weighted by atomic mass is 10.0. The Morgan fingerprint density at radius 2 is 2.05 bits per heavy atom. The zero-order valence-electron chi connectivity index (χ0n) is 12.9. The van der Waals surface area contributed by atoms with Crippen molar-refractivity contribution in [2.75, 3.05) is 26.2 Å². The van der Waals surface area contributed by atoms with Crippen LogP contribution in [-0.2, 0) is 10.2 Å². The van der Waals surface area contributed by atoms with E-state index in [0.717, 1.165) is 19.3 Å². The number of aromatic nitrogens is 1. The highest BCUT2D eigenvalue weighted by Crippen LogP contribution is 2.25. The molecule has 0 bridgehead atoms. The molecule has 2 aliphatic heterocycles. The minimum atomic E-state index is -3.35. The molecule has 3 heterocycles. The Morgan fingerprint density at radius 1 is 1.23 bits per heavy atom. The van der Waals surface area contributed by atoms with Crippen molar-refractivity contribution >= 4 is 10.2 Å². The van der Waals surface area contributed by atoms with Crippen molar-refractivity contribution < 1.29 is 13.2 Å². The molecule has 2 aliphatic rings. The van der Waals surface area contributed by atoms with Crippen molar-refractivity contribution in [3.05, 3.63) is 24.5 Å². The van der Waals surface area contributed by atoms with Gasteiger partial charge in [-0.05, 0) is 37.3 Å². The van der Waals surface area contributed by atoms with E-state index in [2.05, 4.69) is 11.9 Å². The fourth-order valence-electron chi connectivity index (χ4n) is 3.13. The first kappa shape index (κ1) is 15.7. The fraction of sp³-hybridized carbons (Fsp3) is 0.667. The van der Waals surface area contributed by atoms with Gasteiger partial charge in [0.05, 0.1) is 12.7 Å². The molecule has 22 heavy (non-hydrogen) atoms. The topological polar surface area (TPSA) is 62.7 Å². The predicted octanol–water partition coefficient (Wildman–Crippen LogP) is 1.51. The molecule has 0 aromatic carbocycles. The fourth-order valence-corrected chi connectivity index (χ4v) is 4.95. The molecular weight excluding hydrogens is 302 g/mol. The molecule has 1 aromatic rings. The van der Waals surface area contributed by atoms with E-state index in [-0.39, 0.29) is 6.10 Å². The second-order valence-electron chi connectivity index (χ2n) is 6.19. The van der Waals surface area contributed by atoms with E-state index in [1.165, 1.54) is 0 Å². The lowest BCUT2D eigenvalue weighted by Crippen LogP contribution is -2.47. The summed E-state index contributed by atoms with van der Waals surface area (Å²) in [6, 6.07) is 3.66. The molecule has 122 valence electrons. The molecule has 7 heteroatoms. The minimum Gasteiger partial charge on any atom is -0.487 e. The second kappa shape index (κ2) is 6.52. The van der Waals surface area contributed by atoms with Crippen LogP contribution in [0.2, 0.25) is 0 Å². The van der Waals surface area contributed by atoms with Gasteiger partial charge in [0.2, 0.25) is 0 Å². The molecule has 0 saturated carbocycles. The summed E-state index contributed by atoms with van der Waals surface area (Å²) in [6.07, 6.45) is 6.03. The maximum Gasteiger partial charge on any atom is 0.282 e. The van der Waals surface area contributed by atoms with Gasteiger partial charge in [-0.1, -0.05) is 6.92 Å². The third-order valence-electron chi connectivity index (χ3n) is 4.32. The first-order valence-electron chi connectivity index (χ1n) is 7.87. The molecule has 0 spiro atoms. The highest BCUT2D eigenvalue weighted by Gasteiger charge is 2.37. The number of pyridine rings is 1. The van der Waals surface area contributed by atoms with Crippen LogP contribution in [0.1, 0.15) is 26.2 Å². The van der Waals surface area contributed by atoms with Gasteiger partial charge in [-0.3, -0.25) is 4.98 Å². The molecule has 1 aromatic heterocycles. The van der Waals surface area contributed by atoms with Crippen molar-refractivity contribution in [1.82, 2.24) is 13.6 Å². The van der Waals surface area contributed by atoms with Crippen molar-refractivity contribution in [2.45, 2.75) is 32.3 Å². The summed E-state index contributed by atoms with van der Waals surface area (Å²) in [7, 11) is -3.35. The maximum absolute atomic E-state index is 12.7. The summed E-state index contributed by atoms with van der Waals surface area (Å²) in [4.78, 5) is 4.01. The van der Waals surface area contributed by atoms with Crippen molar-refractivity contribution in [3.63, 3.8) is 0 Å². The molecule has 2 atom stereocenters. The molecule has 3 rings (SSSR count). The molecule has 2 fully saturated rings. The average molecular weight is 325 g/mol.